The van der Waals surface area contributed by atoms with Gasteiger partial charge in [0, 0.05) is 37.2 Å². The van der Waals surface area contributed by atoms with Crippen LogP contribution in [0, 0.1) is 0 Å². The molecule has 4 aromatic rings. The van der Waals surface area contributed by atoms with Gasteiger partial charge in [-0.1, -0.05) is 17.7 Å². The Kier molecular flexibility index (Phi) is 5.31. The highest BCUT2D eigenvalue weighted by Gasteiger charge is 2.16. The van der Waals surface area contributed by atoms with E-state index in [1.54, 1.807) is 13.3 Å². The van der Waals surface area contributed by atoms with Gasteiger partial charge in [0.05, 0.1) is 31.7 Å². The second-order valence-corrected chi connectivity index (χ2v) is 7.41. The Morgan fingerprint density at radius 3 is 2.81 bits per heavy atom. The van der Waals surface area contributed by atoms with E-state index in [1.807, 2.05) is 47.0 Å². The molecular weight excluding hydrogens is 416 g/mol. The van der Waals surface area contributed by atoms with Crippen LogP contribution in [0.25, 0.3) is 17.0 Å². The molecule has 0 saturated carbocycles. The van der Waals surface area contributed by atoms with Crippen molar-refractivity contribution in [2.45, 2.75) is 0 Å². The smallest absolute Gasteiger partial charge is 0.227 e. The maximum Gasteiger partial charge on any atom is 0.227 e. The van der Waals surface area contributed by atoms with E-state index in [4.69, 9.17) is 21.1 Å². The van der Waals surface area contributed by atoms with Crippen LogP contribution >= 0.6 is 11.6 Å². The number of methoxy groups -OCH3 is 1. The highest BCUT2D eigenvalue weighted by Crippen LogP contribution is 2.33. The number of nitrogens with zero attached hydrogens (tertiary/aromatic N) is 5. The fraction of sp³-hybridized carbons (Fsp3) is 0.227. The Labute approximate surface area is 184 Å². The van der Waals surface area contributed by atoms with Crippen molar-refractivity contribution in [3.8, 4) is 17.1 Å². The first-order valence-corrected chi connectivity index (χ1v) is 10.3. The zero-order chi connectivity index (χ0) is 21.2. The van der Waals surface area contributed by atoms with Crippen molar-refractivity contribution < 1.29 is 9.47 Å². The number of ether oxygens (including phenoxy) is 2. The van der Waals surface area contributed by atoms with Gasteiger partial charge in [-0.2, -0.15) is 0 Å². The minimum Gasteiger partial charge on any atom is -0.494 e. The number of rotatable bonds is 5. The molecule has 0 amide bonds. The molecule has 4 heterocycles. The molecule has 3 aromatic heterocycles. The van der Waals surface area contributed by atoms with Crippen molar-refractivity contribution in [3.63, 3.8) is 0 Å². The molecular formula is C22H21ClN6O2. The normalized spacial score (nSPS) is 14.1. The summed E-state index contributed by atoms with van der Waals surface area (Å²) in [5.41, 5.74) is 4.03. The molecule has 0 aliphatic carbocycles. The molecule has 1 aliphatic rings. The summed E-state index contributed by atoms with van der Waals surface area (Å²) in [5, 5.41) is 3.65. The van der Waals surface area contributed by atoms with Crippen LogP contribution < -0.4 is 15.0 Å². The maximum absolute atomic E-state index is 6.41. The molecule has 0 spiro atoms. The molecule has 5 rings (SSSR count). The van der Waals surface area contributed by atoms with Crippen LogP contribution in [-0.2, 0) is 4.74 Å². The highest BCUT2D eigenvalue weighted by molar-refractivity contribution is 6.32. The summed E-state index contributed by atoms with van der Waals surface area (Å²) in [6.45, 7) is 3.19. The Hall–Kier alpha value is -3.36. The molecule has 0 radical (unpaired) electrons. The van der Waals surface area contributed by atoms with E-state index in [1.165, 1.54) is 0 Å². The summed E-state index contributed by atoms with van der Waals surface area (Å²) >= 11 is 6.41. The first kappa shape index (κ1) is 19.6. The zero-order valence-electron chi connectivity index (χ0n) is 17.0. The van der Waals surface area contributed by atoms with Crippen molar-refractivity contribution in [3.05, 3.63) is 60.0 Å². The average molecular weight is 437 g/mol. The van der Waals surface area contributed by atoms with Gasteiger partial charge in [0.2, 0.25) is 5.95 Å². The minimum absolute atomic E-state index is 0.392. The fourth-order valence-corrected chi connectivity index (χ4v) is 3.94. The van der Waals surface area contributed by atoms with Crippen LogP contribution in [0.3, 0.4) is 0 Å². The molecule has 0 atom stereocenters. The van der Waals surface area contributed by atoms with Gasteiger partial charge in [0.25, 0.3) is 0 Å². The van der Waals surface area contributed by atoms with E-state index in [2.05, 4.69) is 31.2 Å². The standard InChI is InChI=1S/C22H21ClN6O2/c1-30-18-14-15(28-10-12-31-13-11-28)5-6-16(18)25-22-24-8-7-17(26-22)20-21(23)27-19-4-2-3-9-29(19)20/h2-9,14H,10-13H2,1H3,(H,24,25,26). The molecule has 0 unspecified atom stereocenters. The SMILES string of the molecule is COc1cc(N2CCOCC2)ccc1Nc1nccc(-c2c(Cl)nc3ccccn23)n1. The number of fused-ring (bicyclic) bond motifs is 1. The zero-order valence-corrected chi connectivity index (χ0v) is 17.7. The molecule has 9 heteroatoms. The number of imidazole rings is 1. The van der Waals surface area contributed by atoms with E-state index in [0.29, 0.717) is 22.5 Å². The summed E-state index contributed by atoms with van der Waals surface area (Å²) in [5.74, 6) is 1.16. The quantitative estimate of drug-likeness (QED) is 0.506. The molecule has 1 saturated heterocycles. The van der Waals surface area contributed by atoms with Crippen LogP contribution in [0.4, 0.5) is 17.3 Å². The molecule has 0 bridgehead atoms. The van der Waals surface area contributed by atoms with Crippen molar-refractivity contribution in [2.24, 2.45) is 0 Å². The van der Waals surface area contributed by atoms with Gasteiger partial charge in [-0.05, 0) is 30.3 Å². The lowest BCUT2D eigenvalue weighted by molar-refractivity contribution is 0.122. The predicted molar refractivity (Wildman–Crippen MR) is 121 cm³/mol. The second kappa shape index (κ2) is 8.41. The Bertz CT molecular complexity index is 1220. The number of aromatic nitrogens is 4. The third-order valence-electron chi connectivity index (χ3n) is 5.19. The van der Waals surface area contributed by atoms with E-state index >= 15 is 0 Å². The van der Waals surface area contributed by atoms with E-state index in [0.717, 1.165) is 49.0 Å². The molecule has 1 fully saturated rings. The van der Waals surface area contributed by atoms with Crippen LogP contribution in [0.1, 0.15) is 0 Å². The fourth-order valence-electron chi connectivity index (χ4n) is 3.67. The third kappa shape index (κ3) is 3.87. The van der Waals surface area contributed by atoms with Gasteiger partial charge in [-0.3, -0.25) is 4.40 Å². The highest BCUT2D eigenvalue weighted by atomic mass is 35.5. The molecule has 8 nitrogen and oxygen atoms in total. The topological polar surface area (TPSA) is 76.8 Å². The number of benzene rings is 1. The van der Waals surface area contributed by atoms with E-state index < -0.39 is 0 Å². The van der Waals surface area contributed by atoms with Crippen LogP contribution in [0.5, 0.6) is 5.75 Å². The number of morpholine rings is 1. The van der Waals surface area contributed by atoms with Crippen LogP contribution in [0.2, 0.25) is 5.15 Å². The Morgan fingerprint density at radius 2 is 1.97 bits per heavy atom. The molecule has 158 valence electrons. The number of pyridine rings is 1. The number of hydrogen-bond donors (Lipinski definition) is 1. The van der Waals surface area contributed by atoms with Crippen LogP contribution in [0.15, 0.2) is 54.9 Å². The Balaban J connectivity index is 1.45. The molecule has 31 heavy (non-hydrogen) atoms. The van der Waals surface area contributed by atoms with E-state index in [-0.39, 0.29) is 0 Å². The summed E-state index contributed by atoms with van der Waals surface area (Å²) in [6.07, 6.45) is 3.60. The van der Waals surface area contributed by atoms with Crippen molar-refractivity contribution in [2.75, 3.05) is 43.6 Å². The van der Waals surface area contributed by atoms with Gasteiger partial charge < -0.3 is 19.7 Å². The lowest BCUT2D eigenvalue weighted by Gasteiger charge is -2.29. The number of hydrogen-bond acceptors (Lipinski definition) is 7. The maximum atomic E-state index is 6.41. The summed E-state index contributed by atoms with van der Waals surface area (Å²) in [7, 11) is 1.65. The van der Waals surface area contributed by atoms with Gasteiger partial charge in [0.1, 0.15) is 17.1 Å². The largest absolute Gasteiger partial charge is 0.494 e. The van der Waals surface area contributed by atoms with E-state index in [9.17, 15) is 0 Å². The summed E-state index contributed by atoms with van der Waals surface area (Å²) in [4.78, 5) is 15.7. The third-order valence-corrected chi connectivity index (χ3v) is 5.46. The monoisotopic (exact) mass is 436 g/mol. The van der Waals surface area contributed by atoms with Crippen LogP contribution in [-0.4, -0.2) is 52.8 Å². The Morgan fingerprint density at radius 1 is 1.10 bits per heavy atom. The van der Waals surface area contributed by atoms with Crippen molar-refractivity contribution in [1.82, 2.24) is 19.4 Å². The number of anilines is 3. The van der Waals surface area contributed by atoms with Crippen molar-refractivity contribution in [1.29, 1.82) is 0 Å². The summed E-state index contributed by atoms with van der Waals surface area (Å²) < 4.78 is 13.0. The number of halogens is 1. The predicted octanol–water partition coefficient (Wildman–Crippen LogP) is 4.03. The molecule has 1 N–H and O–H groups in total. The second-order valence-electron chi connectivity index (χ2n) is 7.05. The summed E-state index contributed by atoms with van der Waals surface area (Å²) in [6, 6.07) is 13.6. The first-order valence-electron chi connectivity index (χ1n) is 9.97. The average Bonchev–Trinajstić information content (AvgIpc) is 3.16. The molecule has 1 aliphatic heterocycles. The first-order chi connectivity index (χ1) is 15.2. The van der Waals surface area contributed by atoms with Crippen molar-refractivity contribution >= 4 is 34.6 Å². The van der Waals surface area contributed by atoms with Gasteiger partial charge in [0.15, 0.2) is 5.15 Å². The van der Waals surface area contributed by atoms with Gasteiger partial charge in [-0.25, -0.2) is 15.0 Å². The lowest BCUT2D eigenvalue weighted by atomic mass is 10.2. The van der Waals surface area contributed by atoms with Gasteiger partial charge in [-0.15, -0.1) is 0 Å². The number of nitrogens with one attached hydrogen (secondary N) is 1. The minimum atomic E-state index is 0.392. The molecule has 1 aromatic carbocycles. The van der Waals surface area contributed by atoms with Gasteiger partial charge >= 0.3 is 0 Å². The lowest BCUT2D eigenvalue weighted by Crippen LogP contribution is -2.36.